The van der Waals surface area contributed by atoms with Crippen LogP contribution >= 0.6 is 7.14 Å². The van der Waals surface area contributed by atoms with Crippen LogP contribution in [0.3, 0.4) is 0 Å². The van der Waals surface area contributed by atoms with Crippen LogP contribution in [0.4, 0.5) is 0 Å². The van der Waals surface area contributed by atoms with Gasteiger partial charge in [0.1, 0.15) is 7.14 Å². The molecule has 1 aliphatic heterocycles. The van der Waals surface area contributed by atoms with E-state index in [0.717, 1.165) is 6.42 Å². The van der Waals surface area contributed by atoms with Gasteiger partial charge in [-0.3, -0.25) is 0 Å². The van der Waals surface area contributed by atoms with Crippen LogP contribution < -0.4 is 0 Å². The van der Waals surface area contributed by atoms with E-state index >= 15 is 0 Å². The van der Waals surface area contributed by atoms with Crippen molar-refractivity contribution in [1.29, 1.82) is 0 Å². The molecule has 0 aromatic rings. The molecule has 0 radical (unpaired) electrons. The van der Waals surface area contributed by atoms with Crippen LogP contribution in [0.25, 0.3) is 0 Å². The summed E-state index contributed by atoms with van der Waals surface area (Å²) in [6.07, 6.45) is 8.75. The van der Waals surface area contributed by atoms with Crippen LogP contribution in [0.5, 0.6) is 0 Å². The van der Waals surface area contributed by atoms with Crippen LogP contribution in [0.15, 0.2) is 11.9 Å². The van der Waals surface area contributed by atoms with Gasteiger partial charge in [-0.2, -0.15) is 0 Å². The first-order valence-electron chi connectivity index (χ1n) is 3.34. The molecule has 1 rings (SSSR count). The first-order valence-corrected chi connectivity index (χ1v) is 5.75. The lowest BCUT2D eigenvalue weighted by Gasteiger charge is -2.17. The molecular formula is C8H11OP. The number of rotatable bonds is 0. The van der Waals surface area contributed by atoms with Gasteiger partial charge in [0.2, 0.25) is 0 Å². The highest BCUT2D eigenvalue weighted by Crippen LogP contribution is 2.47. The van der Waals surface area contributed by atoms with E-state index in [9.17, 15) is 4.57 Å². The molecule has 0 saturated carbocycles. The van der Waals surface area contributed by atoms with Gasteiger partial charge in [-0.15, -0.1) is 12.3 Å². The molecule has 0 aromatic carbocycles. The average Bonchev–Trinajstić information content (AvgIpc) is 1.86. The topological polar surface area (TPSA) is 17.1 Å². The van der Waals surface area contributed by atoms with Gasteiger partial charge in [0, 0.05) is 12.1 Å². The summed E-state index contributed by atoms with van der Waals surface area (Å²) >= 11 is 0. The van der Waals surface area contributed by atoms with Gasteiger partial charge in [-0.05, 0) is 18.9 Å². The molecule has 0 bridgehead atoms. The highest BCUT2D eigenvalue weighted by molar-refractivity contribution is 7.66. The van der Waals surface area contributed by atoms with Gasteiger partial charge >= 0.3 is 0 Å². The van der Waals surface area contributed by atoms with E-state index in [2.05, 4.69) is 5.92 Å². The normalized spacial score (nSPS) is 39.0. The third-order valence-electron chi connectivity index (χ3n) is 1.66. The second-order valence-electron chi connectivity index (χ2n) is 2.84. The first-order chi connectivity index (χ1) is 4.64. The van der Waals surface area contributed by atoms with Gasteiger partial charge in [0.25, 0.3) is 0 Å². The Hall–Kier alpha value is -0.470. The van der Waals surface area contributed by atoms with Crippen molar-refractivity contribution < 1.29 is 4.57 Å². The Balaban J connectivity index is 2.75. The minimum absolute atomic E-state index is 0.209. The lowest BCUT2D eigenvalue weighted by molar-refractivity contribution is 0.575. The van der Waals surface area contributed by atoms with Crippen molar-refractivity contribution in [3.63, 3.8) is 0 Å². The molecule has 54 valence electrons. The summed E-state index contributed by atoms with van der Waals surface area (Å²) < 4.78 is 11.4. The van der Waals surface area contributed by atoms with Gasteiger partial charge in [0.05, 0.1) is 0 Å². The number of hydrogen-bond donors (Lipinski definition) is 0. The third-order valence-corrected chi connectivity index (χ3v) is 3.67. The average molecular weight is 154 g/mol. The summed E-state index contributed by atoms with van der Waals surface area (Å²) in [5, 5.41) is 0. The fraction of sp³-hybridized carbons (Fsp3) is 0.500. The molecule has 0 amide bonds. The highest BCUT2D eigenvalue weighted by Gasteiger charge is 2.20. The van der Waals surface area contributed by atoms with Crippen molar-refractivity contribution in [3.8, 4) is 12.3 Å². The molecule has 2 unspecified atom stereocenters. The van der Waals surface area contributed by atoms with Crippen LogP contribution in [0, 0.1) is 18.3 Å². The molecule has 1 heterocycles. The van der Waals surface area contributed by atoms with Gasteiger partial charge in [0.15, 0.2) is 0 Å². The quantitative estimate of drug-likeness (QED) is 0.386. The van der Waals surface area contributed by atoms with Crippen LogP contribution in [0.2, 0.25) is 0 Å². The SMILES string of the molecule is C#CC1CC=CP(C)(=O)C1. The Kier molecular flexibility index (Phi) is 2.02. The van der Waals surface area contributed by atoms with E-state index in [1.807, 2.05) is 11.9 Å². The summed E-state index contributed by atoms with van der Waals surface area (Å²) in [6, 6.07) is 0. The Morgan fingerprint density at radius 2 is 2.50 bits per heavy atom. The maximum absolute atomic E-state index is 11.4. The molecule has 0 aliphatic carbocycles. The summed E-state index contributed by atoms with van der Waals surface area (Å²) in [4.78, 5) is 0. The van der Waals surface area contributed by atoms with E-state index in [4.69, 9.17) is 6.42 Å². The van der Waals surface area contributed by atoms with Crippen molar-refractivity contribution in [2.45, 2.75) is 6.42 Å². The van der Waals surface area contributed by atoms with Crippen molar-refractivity contribution in [2.75, 3.05) is 12.8 Å². The maximum Gasteiger partial charge on any atom is 0.106 e. The van der Waals surface area contributed by atoms with E-state index in [1.165, 1.54) is 0 Å². The third kappa shape index (κ3) is 1.75. The van der Waals surface area contributed by atoms with E-state index in [-0.39, 0.29) is 5.92 Å². The zero-order valence-corrected chi connectivity index (χ0v) is 6.97. The predicted molar refractivity (Wildman–Crippen MR) is 44.5 cm³/mol. The molecule has 0 spiro atoms. The van der Waals surface area contributed by atoms with Crippen LogP contribution in [-0.4, -0.2) is 12.8 Å². The smallest absolute Gasteiger partial charge is 0.106 e. The molecule has 0 N–H and O–H groups in total. The summed E-state index contributed by atoms with van der Waals surface area (Å²) in [7, 11) is -1.98. The van der Waals surface area contributed by atoms with Crippen molar-refractivity contribution in [1.82, 2.24) is 0 Å². The molecule has 10 heavy (non-hydrogen) atoms. The minimum Gasteiger partial charge on any atom is -0.319 e. The molecule has 0 fully saturated rings. The molecule has 2 atom stereocenters. The zero-order valence-electron chi connectivity index (χ0n) is 6.08. The Morgan fingerprint density at radius 1 is 1.80 bits per heavy atom. The van der Waals surface area contributed by atoms with Gasteiger partial charge < -0.3 is 4.57 Å². The largest absolute Gasteiger partial charge is 0.319 e. The lowest BCUT2D eigenvalue weighted by atomic mass is 10.1. The Morgan fingerprint density at radius 3 is 2.90 bits per heavy atom. The zero-order chi connectivity index (χ0) is 7.61. The second-order valence-corrected chi connectivity index (χ2v) is 5.85. The molecular weight excluding hydrogens is 143 g/mol. The Bertz CT molecular complexity index is 234. The monoisotopic (exact) mass is 154 g/mol. The molecule has 2 heteroatoms. The number of allylic oxidation sites excluding steroid dienone is 1. The van der Waals surface area contributed by atoms with Gasteiger partial charge in [-0.1, -0.05) is 6.08 Å². The standard InChI is InChI=1S/C8H11OP/c1-3-8-5-4-6-10(2,9)7-8/h1,4,6,8H,5,7H2,2H3. The fourth-order valence-electron chi connectivity index (χ4n) is 1.14. The molecule has 0 aromatic heterocycles. The predicted octanol–water partition coefficient (Wildman–Crippen LogP) is 2.15. The molecule has 1 aliphatic rings. The number of hydrogen-bond acceptors (Lipinski definition) is 1. The summed E-state index contributed by atoms with van der Waals surface area (Å²) in [5.41, 5.74) is 0. The summed E-state index contributed by atoms with van der Waals surface area (Å²) in [6.45, 7) is 1.78. The van der Waals surface area contributed by atoms with Crippen molar-refractivity contribution >= 4 is 7.14 Å². The summed E-state index contributed by atoms with van der Waals surface area (Å²) in [5.74, 6) is 4.67. The van der Waals surface area contributed by atoms with E-state index in [0.29, 0.717) is 6.16 Å². The second kappa shape index (κ2) is 2.64. The van der Waals surface area contributed by atoms with Gasteiger partial charge in [-0.25, -0.2) is 0 Å². The van der Waals surface area contributed by atoms with E-state index < -0.39 is 7.14 Å². The molecule has 1 nitrogen and oxygen atoms in total. The molecule has 0 saturated heterocycles. The Labute approximate surface area is 61.9 Å². The first kappa shape index (κ1) is 7.63. The van der Waals surface area contributed by atoms with E-state index in [1.54, 1.807) is 6.66 Å². The minimum atomic E-state index is -1.98. The highest BCUT2D eigenvalue weighted by atomic mass is 31.2. The maximum atomic E-state index is 11.4. The number of terminal acetylenes is 1. The van der Waals surface area contributed by atoms with Crippen molar-refractivity contribution in [2.24, 2.45) is 5.92 Å². The fourth-order valence-corrected chi connectivity index (χ4v) is 2.96. The van der Waals surface area contributed by atoms with Crippen molar-refractivity contribution in [3.05, 3.63) is 11.9 Å². The van der Waals surface area contributed by atoms with Crippen LogP contribution in [0.1, 0.15) is 6.42 Å². The lowest BCUT2D eigenvalue weighted by Crippen LogP contribution is -2.05. The van der Waals surface area contributed by atoms with Crippen LogP contribution in [-0.2, 0) is 4.57 Å².